The number of ether oxygens (including phenoxy) is 1. The summed E-state index contributed by atoms with van der Waals surface area (Å²) in [6.07, 6.45) is 3.38. The third-order valence-electron chi connectivity index (χ3n) is 5.61. The van der Waals surface area contributed by atoms with Gasteiger partial charge in [0, 0.05) is 45.2 Å². The normalized spacial score (nSPS) is 19.9. The lowest BCUT2D eigenvalue weighted by Crippen LogP contribution is -2.33. The molecule has 9 heteroatoms. The summed E-state index contributed by atoms with van der Waals surface area (Å²) in [5, 5.41) is 2.63. The minimum absolute atomic E-state index is 0.189. The second-order valence-electron chi connectivity index (χ2n) is 7.94. The second-order valence-corrected chi connectivity index (χ2v) is 7.94. The van der Waals surface area contributed by atoms with E-state index in [0.717, 1.165) is 44.7 Å². The van der Waals surface area contributed by atoms with E-state index in [9.17, 15) is 14.0 Å². The van der Waals surface area contributed by atoms with Crippen LogP contribution in [0.1, 0.15) is 18.9 Å². The van der Waals surface area contributed by atoms with Crippen molar-refractivity contribution in [1.29, 1.82) is 0 Å². The first kappa shape index (κ1) is 21.2. The Labute approximate surface area is 180 Å². The molecule has 2 saturated heterocycles. The Morgan fingerprint density at radius 3 is 2.84 bits per heavy atom. The maximum absolute atomic E-state index is 15.0. The molecule has 0 saturated carbocycles. The van der Waals surface area contributed by atoms with Crippen molar-refractivity contribution in [2.24, 2.45) is 0 Å². The number of carbonyl (C=O) groups excluding carboxylic acids is 2. The maximum Gasteiger partial charge on any atom is 0.414 e. The molecule has 2 amide bonds. The highest BCUT2D eigenvalue weighted by Crippen LogP contribution is 2.28. The quantitative estimate of drug-likeness (QED) is 0.759. The van der Waals surface area contributed by atoms with E-state index >= 15 is 0 Å². The summed E-state index contributed by atoms with van der Waals surface area (Å²) < 4.78 is 25.4. The minimum atomic E-state index is -0.535. The van der Waals surface area contributed by atoms with Crippen molar-refractivity contribution < 1.29 is 23.1 Å². The molecule has 0 radical (unpaired) electrons. The van der Waals surface area contributed by atoms with Crippen LogP contribution in [0.3, 0.4) is 0 Å². The van der Waals surface area contributed by atoms with Crippen molar-refractivity contribution in [2.45, 2.75) is 26.0 Å². The number of carbonyl (C=O) groups is 2. The number of halogens is 1. The van der Waals surface area contributed by atoms with Crippen LogP contribution in [0.2, 0.25) is 0 Å². The van der Waals surface area contributed by atoms with Crippen molar-refractivity contribution in [1.82, 2.24) is 10.2 Å². The number of anilines is 2. The molecule has 3 heterocycles. The summed E-state index contributed by atoms with van der Waals surface area (Å²) in [6.45, 7) is 5.99. The van der Waals surface area contributed by atoms with Crippen LogP contribution in [0.25, 0.3) is 0 Å². The second kappa shape index (κ2) is 9.38. The molecule has 0 unspecified atom stereocenters. The molecule has 4 rings (SSSR count). The van der Waals surface area contributed by atoms with Gasteiger partial charge in [0.2, 0.25) is 5.91 Å². The van der Waals surface area contributed by atoms with E-state index in [1.54, 1.807) is 24.7 Å². The van der Waals surface area contributed by atoms with Gasteiger partial charge in [-0.3, -0.25) is 14.6 Å². The molecule has 1 atom stereocenters. The third kappa shape index (κ3) is 5.16. The summed E-state index contributed by atoms with van der Waals surface area (Å²) in [5.41, 5.74) is 2.13. The topological polar surface area (TPSA) is 78.3 Å². The fourth-order valence-corrected chi connectivity index (χ4v) is 4.03. The Hall–Kier alpha value is -3.07. The van der Waals surface area contributed by atoms with E-state index in [-0.39, 0.29) is 24.8 Å². The van der Waals surface area contributed by atoms with Crippen LogP contribution in [0.5, 0.6) is 0 Å². The molecule has 0 aliphatic carbocycles. The Kier molecular flexibility index (Phi) is 6.41. The van der Waals surface area contributed by atoms with E-state index in [0.29, 0.717) is 11.4 Å². The predicted octanol–water partition coefficient (Wildman–Crippen LogP) is 2.59. The van der Waals surface area contributed by atoms with Gasteiger partial charge in [-0.2, -0.15) is 0 Å². The maximum atomic E-state index is 15.0. The molecule has 2 aliphatic heterocycles. The van der Waals surface area contributed by atoms with Crippen LogP contribution in [0, 0.1) is 5.82 Å². The van der Waals surface area contributed by atoms with Gasteiger partial charge in [0.25, 0.3) is 0 Å². The van der Waals surface area contributed by atoms with Crippen molar-refractivity contribution in [3.63, 3.8) is 0 Å². The van der Waals surface area contributed by atoms with E-state index in [1.165, 1.54) is 17.9 Å². The predicted molar refractivity (Wildman–Crippen MR) is 114 cm³/mol. The van der Waals surface area contributed by atoms with Crippen molar-refractivity contribution >= 4 is 23.4 Å². The van der Waals surface area contributed by atoms with E-state index in [2.05, 4.69) is 15.1 Å². The standard InChI is InChI=1S/C22H27FN4O4/c1-16(28)24-12-19-14-27(22(29)31-19)18-3-4-21(20(23)11-18)26-7-2-6-25(8-9-26)13-17-5-10-30-15-17/h3-5,10-11,15,19H,2,6-9,12-14H2,1H3,(H,24,28)/t19-/m0/s1. The molecule has 0 bridgehead atoms. The number of nitrogens with zero attached hydrogens (tertiary/aromatic N) is 3. The number of hydrogen-bond acceptors (Lipinski definition) is 6. The zero-order valence-corrected chi connectivity index (χ0v) is 17.6. The smallest absolute Gasteiger partial charge is 0.414 e. The average Bonchev–Trinajstić information content (AvgIpc) is 3.31. The highest BCUT2D eigenvalue weighted by Gasteiger charge is 2.33. The minimum Gasteiger partial charge on any atom is -0.472 e. The molecular formula is C22H27FN4O4. The zero-order chi connectivity index (χ0) is 21.8. The third-order valence-corrected chi connectivity index (χ3v) is 5.61. The van der Waals surface area contributed by atoms with E-state index in [4.69, 9.17) is 9.15 Å². The molecule has 1 aromatic carbocycles. The molecule has 166 valence electrons. The van der Waals surface area contributed by atoms with Crippen LogP contribution in [0.4, 0.5) is 20.6 Å². The highest BCUT2D eigenvalue weighted by molar-refractivity contribution is 5.90. The summed E-state index contributed by atoms with van der Waals surface area (Å²) in [4.78, 5) is 29.0. The molecule has 0 spiro atoms. The first-order valence-corrected chi connectivity index (χ1v) is 10.5. The molecule has 2 aliphatic rings. The van der Waals surface area contributed by atoms with E-state index in [1.807, 2.05) is 6.07 Å². The number of hydrogen-bond donors (Lipinski definition) is 1. The lowest BCUT2D eigenvalue weighted by Gasteiger charge is -2.25. The fourth-order valence-electron chi connectivity index (χ4n) is 4.03. The zero-order valence-electron chi connectivity index (χ0n) is 17.6. The van der Waals surface area contributed by atoms with Crippen LogP contribution >= 0.6 is 0 Å². The lowest BCUT2D eigenvalue weighted by atomic mass is 10.2. The van der Waals surface area contributed by atoms with Crippen LogP contribution < -0.4 is 15.1 Å². The first-order chi connectivity index (χ1) is 15.0. The molecule has 1 N–H and O–H groups in total. The first-order valence-electron chi connectivity index (χ1n) is 10.5. The van der Waals surface area contributed by atoms with Gasteiger partial charge in [0.1, 0.15) is 11.9 Å². The Morgan fingerprint density at radius 2 is 2.10 bits per heavy atom. The number of amides is 2. The number of furan rings is 1. The van der Waals surface area contributed by atoms with Crippen molar-refractivity contribution in [3.05, 3.63) is 48.2 Å². The number of cyclic esters (lactones) is 1. The average molecular weight is 430 g/mol. The van der Waals surface area contributed by atoms with Gasteiger partial charge in [-0.25, -0.2) is 9.18 Å². The van der Waals surface area contributed by atoms with Crippen LogP contribution in [-0.4, -0.2) is 62.3 Å². The van der Waals surface area contributed by atoms with Gasteiger partial charge in [-0.1, -0.05) is 0 Å². The van der Waals surface area contributed by atoms with Gasteiger partial charge in [0.15, 0.2) is 0 Å². The largest absolute Gasteiger partial charge is 0.472 e. The summed E-state index contributed by atoms with van der Waals surface area (Å²) in [7, 11) is 0. The summed E-state index contributed by atoms with van der Waals surface area (Å²) in [5.74, 6) is -0.551. The highest BCUT2D eigenvalue weighted by atomic mass is 19.1. The van der Waals surface area contributed by atoms with Gasteiger partial charge >= 0.3 is 6.09 Å². The van der Waals surface area contributed by atoms with Gasteiger partial charge in [0.05, 0.1) is 37.0 Å². The monoisotopic (exact) mass is 430 g/mol. The number of benzene rings is 1. The Balaban J connectivity index is 1.38. The van der Waals surface area contributed by atoms with Gasteiger partial charge < -0.3 is 19.4 Å². The molecule has 8 nitrogen and oxygen atoms in total. The van der Waals surface area contributed by atoms with E-state index < -0.39 is 12.2 Å². The van der Waals surface area contributed by atoms with Crippen molar-refractivity contribution in [3.8, 4) is 0 Å². The SMILES string of the molecule is CC(=O)NC[C@H]1CN(c2ccc(N3CCCN(Cc4ccoc4)CC3)c(F)c2)C(=O)O1. The number of nitrogens with one attached hydrogen (secondary N) is 1. The molecule has 1 aromatic heterocycles. The number of rotatable bonds is 6. The Morgan fingerprint density at radius 1 is 1.23 bits per heavy atom. The molecule has 2 aromatic rings. The fraction of sp³-hybridized carbons (Fsp3) is 0.455. The molecular weight excluding hydrogens is 403 g/mol. The molecule has 31 heavy (non-hydrogen) atoms. The van der Waals surface area contributed by atoms with Gasteiger partial charge in [-0.05, 0) is 30.7 Å². The summed E-state index contributed by atoms with van der Waals surface area (Å²) >= 11 is 0. The van der Waals surface area contributed by atoms with Crippen LogP contribution in [-0.2, 0) is 16.1 Å². The van der Waals surface area contributed by atoms with Gasteiger partial charge in [-0.15, -0.1) is 0 Å². The van der Waals surface area contributed by atoms with Crippen molar-refractivity contribution in [2.75, 3.05) is 49.1 Å². The Bertz CT molecular complexity index is 920. The lowest BCUT2D eigenvalue weighted by molar-refractivity contribution is -0.119. The summed E-state index contributed by atoms with van der Waals surface area (Å²) in [6, 6.07) is 6.82. The molecule has 2 fully saturated rings. The van der Waals surface area contributed by atoms with Crippen LogP contribution in [0.15, 0.2) is 41.2 Å².